The molecule has 1 aromatic heterocycles. The number of nitrogens with zero attached hydrogens (tertiary/aromatic N) is 2. The Balaban J connectivity index is 1.77. The van der Waals surface area contributed by atoms with E-state index in [1.54, 1.807) is 19.1 Å². The van der Waals surface area contributed by atoms with E-state index in [4.69, 9.17) is 4.74 Å². The Morgan fingerprint density at radius 1 is 1.28 bits per heavy atom. The maximum absolute atomic E-state index is 13.4. The largest absolute Gasteiger partial charge is 0.508 e. The molecule has 2 unspecified atom stereocenters. The molecule has 0 aliphatic carbocycles. The number of aryl methyl sites for hydroxylation is 2. The van der Waals surface area contributed by atoms with Crippen molar-refractivity contribution in [3.63, 3.8) is 0 Å². The highest BCUT2D eigenvalue weighted by Gasteiger charge is 2.45. The minimum atomic E-state index is -0.749. The van der Waals surface area contributed by atoms with Gasteiger partial charge in [-0.05, 0) is 44.4 Å². The van der Waals surface area contributed by atoms with Crippen molar-refractivity contribution in [2.24, 2.45) is 0 Å². The molecule has 0 radical (unpaired) electrons. The molecule has 2 aromatic rings. The summed E-state index contributed by atoms with van der Waals surface area (Å²) in [7, 11) is 0. The highest BCUT2D eigenvalue weighted by atomic mass is 32.1. The Hall–Kier alpha value is -2.71. The van der Waals surface area contributed by atoms with Crippen LogP contribution in [0.15, 0.2) is 35.6 Å². The van der Waals surface area contributed by atoms with Crippen molar-refractivity contribution < 1.29 is 24.5 Å². The number of aliphatic hydroxyl groups excluding tert-OH is 1. The lowest BCUT2D eigenvalue weighted by atomic mass is 9.95. The number of phenolic OH excluding ortho intramolecular Hbond substituents is 1. The summed E-state index contributed by atoms with van der Waals surface area (Å²) in [5.41, 5.74) is 1.26. The van der Waals surface area contributed by atoms with Gasteiger partial charge >= 0.3 is 0 Å². The topological polar surface area (TPSA) is 100.0 Å². The molecular formula is C21H22N2O5S. The molecule has 3 heterocycles. The molecule has 1 aromatic carbocycles. The van der Waals surface area contributed by atoms with Crippen molar-refractivity contribution in [2.45, 2.75) is 38.8 Å². The maximum Gasteiger partial charge on any atom is 0.290 e. The summed E-state index contributed by atoms with van der Waals surface area (Å²) in [6.07, 6.45) is 1.61. The van der Waals surface area contributed by atoms with Crippen LogP contribution in [0.2, 0.25) is 0 Å². The van der Waals surface area contributed by atoms with Crippen molar-refractivity contribution in [3.05, 3.63) is 56.7 Å². The molecule has 1 amide bonds. The minimum absolute atomic E-state index is 0.0467. The number of phenols is 1. The quantitative estimate of drug-likeness (QED) is 0.729. The SMILES string of the molecule is Cc1nc(C)c(C(=O)C2=C(O)C(=O)N(CC3CCCO3)C2c2ccc(O)cc2)s1. The zero-order valence-electron chi connectivity index (χ0n) is 16.2. The molecule has 0 saturated carbocycles. The number of benzene rings is 1. The Morgan fingerprint density at radius 2 is 2.00 bits per heavy atom. The van der Waals surface area contributed by atoms with Gasteiger partial charge in [0.25, 0.3) is 5.91 Å². The number of ketones is 1. The molecular weight excluding hydrogens is 392 g/mol. The number of hydrogen-bond acceptors (Lipinski definition) is 7. The summed E-state index contributed by atoms with van der Waals surface area (Å²) in [6, 6.07) is 5.58. The van der Waals surface area contributed by atoms with E-state index in [9.17, 15) is 19.8 Å². The molecule has 2 aliphatic rings. The molecule has 152 valence electrons. The van der Waals surface area contributed by atoms with Crippen LogP contribution in [-0.4, -0.2) is 51.0 Å². The summed E-state index contributed by atoms with van der Waals surface area (Å²) < 4.78 is 5.68. The monoisotopic (exact) mass is 414 g/mol. The van der Waals surface area contributed by atoms with Crippen LogP contribution >= 0.6 is 11.3 Å². The van der Waals surface area contributed by atoms with E-state index in [0.29, 0.717) is 22.7 Å². The second-order valence-electron chi connectivity index (χ2n) is 7.33. The molecule has 8 heteroatoms. The van der Waals surface area contributed by atoms with Gasteiger partial charge in [-0.3, -0.25) is 9.59 Å². The van der Waals surface area contributed by atoms with Crippen molar-refractivity contribution in [1.29, 1.82) is 0 Å². The third-order valence-corrected chi connectivity index (χ3v) is 6.36. The van der Waals surface area contributed by atoms with Crippen molar-refractivity contribution >= 4 is 23.0 Å². The molecule has 1 fully saturated rings. The standard InChI is InChI=1S/C21H22N2O5S/c1-11-20(29-12(2)22-11)18(25)16-17(13-5-7-14(24)8-6-13)23(21(27)19(16)26)10-15-4-3-9-28-15/h5-8,15,17,24,26H,3-4,9-10H2,1-2H3. The van der Waals surface area contributed by atoms with Gasteiger partial charge in [0.05, 0.1) is 33.3 Å². The summed E-state index contributed by atoms with van der Waals surface area (Å²) in [4.78, 5) is 32.5. The number of ether oxygens (including phenoxy) is 1. The van der Waals surface area contributed by atoms with E-state index in [0.717, 1.165) is 17.8 Å². The van der Waals surface area contributed by atoms with E-state index >= 15 is 0 Å². The zero-order valence-corrected chi connectivity index (χ0v) is 17.0. The Bertz CT molecular complexity index is 989. The first-order valence-corrected chi connectivity index (χ1v) is 10.3. The highest BCUT2D eigenvalue weighted by molar-refractivity contribution is 7.14. The van der Waals surface area contributed by atoms with Crippen LogP contribution in [0, 0.1) is 13.8 Å². The Kier molecular flexibility index (Phi) is 5.14. The lowest BCUT2D eigenvalue weighted by Gasteiger charge is -2.28. The highest BCUT2D eigenvalue weighted by Crippen LogP contribution is 2.41. The molecule has 0 bridgehead atoms. The van der Waals surface area contributed by atoms with Crippen LogP contribution in [0.25, 0.3) is 0 Å². The third-order valence-electron chi connectivity index (χ3n) is 5.29. The number of aliphatic hydroxyl groups is 1. The number of aromatic nitrogens is 1. The number of thiazole rings is 1. The average Bonchev–Trinajstić information content (AvgIpc) is 3.38. The number of amides is 1. The van der Waals surface area contributed by atoms with Crippen molar-refractivity contribution in [2.75, 3.05) is 13.2 Å². The predicted octanol–water partition coefficient (Wildman–Crippen LogP) is 3.22. The number of carbonyl (C=O) groups excluding carboxylic acids is 2. The van der Waals surface area contributed by atoms with Gasteiger partial charge in [0.15, 0.2) is 5.76 Å². The van der Waals surface area contributed by atoms with E-state index in [1.165, 1.54) is 28.4 Å². The van der Waals surface area contributed by atoms with Crippen LogP contribution in [0.5, 0.6) is 5.75 Å². The summed E-state index contributed by atoms with van der Waals surface area (Å²) in [5, 5.41) is 21.1. The van der Waals surface area contributed by atoms with Gasteiger partial charge in [-0.2, -0.15) is 0 Å². The van der Waals surface area contributed by atoms with Gasteiger partial charge in [-0.1, -0.05) is 12.1 Å². The normalized spacial score (nSPS) is 22.0. The average molecular weight is 414 g/mol. The number of aromatic hydroxyl groups is 1. The van der Waals surface area contributed by atoms with Crippen LogP contribution in [-0.2, 0) is 9.53 Å². The van der Waals surface area contributed by atoms with Gasteiger partial charge in [-0.25, -0.2) is 4.98 Å². The molecule has 2 atom stereocenters. The molecule has 2 N–H and O–H groups in total. The van der Waals surface area contributed by atoms with Gasteiger partial charge < -0.3 is 19.8 Å². The first-order valence-electron chi connectivity index (χ1n) is 9.50. The number of hydrogen-bond donors (Lipinski definition) is 2. The molecule has 4 rings (SSSR count). The fraction of sp³-hybridized carbons (Fsp3) is 0.381. The van der Waals surface area contributed by atoms with Crippen LogP contribution < -0.4 is 0 Å². The van der Waals surface area contributed by atoms with Gasteiger partial charge in [0.1, 0.15) is 5.75 Å². The maximum atomic E-state index is 13.4. The van der Waals surface area contributed by atoms with E-state index in [1.807, 2.05) is 6.92 Å². The molecule has 29 heavy (non-hydrogen) atoms. The summed E-state index contributed by atoms with van der Waals surface area (Å²) in [5.74, 6) is -1.43. The first kappa shape index (κ1) is 19.6. The second kappa shape index (κ2) is 7.61. The lowest BCUT2D eigenvalue weighted by molar-refractivity contribution is -0.131. The molecule has 0 spiro atoms. The smallest absolute Gasteiger partial charge is 0.290 e. The molecule has 2 aliphatic heterocycles. The third kappa shape index (κ3) is 3.54. The van der Waals surface area contributed by atoms with Gasteiger partial charge in [0.2, 0.25) is 5.78 Å². The minimum Gasteiger partial charge on any atom is -0.508 e. The van der Waals surface area contributed by atoms with Crippen LogP contribution in [0.3, 0.4) is 0 Å². The van der Waals surface area contributed by atoms with Gasteiger partial charge in [0, 0.05) is 13.2 Å². The number of rotatable bonds is 5. The van der Waals surface area contributed by atoms with Crippen LogP contribution in [0.4, 0.5) is 0 Å². The predicted molar refractivity (Wildman–Crippen MR) is 107 cm³/mol. The second-order valence-corrected chi connectivity index (χ2v) is 8.53. The zero-order chi connectivity index (χ0) is 20.7. The Morgan fingerprint density at radius 3 is 2.59 bits per heavy atom. The lowest BCUT2D eigenvalue weighted by Crippen LogP contribution is -2.37. The summed E-state index contributed by atoms with van der Waals surface area (Å²) in [6.45, 7) is 4.47. The van der Waals surface area contributed by atoms with E-state index in [-0.39, 0.29) is 24.0 Å². The van der Waals surface area contributed by atoms with Gasteiger partial charge in [-0.15, -0.1) is 11.3 Å². The van der Waals surface area contributed by atoms with Crippen LogP contribution in [0.1, 0.15) is 44.8 Å². The van der Waals surface area contributed by atoms with Crippen molar-refractivity contribution in [3.8, 4) is 5.75 Å². The van der Waals surface area contributed by atoms with E-state index in [2.05, 4.69) is 4.98 Å². The number of carbonyl (C=O) groups is 2. The fourth-order valence-electron chi connectivity index (χ4n) is 3.95. The number of Topliss-reactive ketones (excluding diaryl/α,β-unsaturated/α-hetero) is 1. The fourth-order valence-corrected chi connectivity index (χ4v) is 4.82. The summed E-state index contributed by atoms with van der Waals surface area (Å²) >= 11 is 1.25. The molecule has 1 saturated heterocycles. The van der Waals surface area contributed by atoms with E-state index < -0.39 is 23.5 Å². The molecule has 7 nitrogen and oxygen atoms in total. The Labute approximate surface area is 172 Å². The first-order chi connectivity index (χ1) is 13.9. The van der Waals surface area contributed by atoms with Crippen molar-refractivity contribution in [1.82, 2.24) is 9.88 Å².